The van der Waals surface area contributed by atoms with Crippen molar-refractivity contribution in [3.63, 3.8) is 0 Å². The van der Waals surface area contributed by atoms with E-state index in [1.165, 1.54) is 18.2 Å². The lowest BCUT2D eigenvalue weighted by molar-refractivity contribution is -0.140. The fourth-order valence-electron chi connectivity index (χ4n) is 3.91. The van der Waals surface area contributed by atoms with Gasteiger partial charge in [-0.1, -0.05) is 48.5 Å². The van der Waals surface area contributed by atoms with Crippen LogP contribution in [0.4, 0.5) is 18.9 Å². The Labute approximate surface area is 219 Å². The summed E-state index contributed by atoms with van der Waals surface area (Å²) in [6.45, 7) is 0.795. The van der Waals surface area contributed by atoms with Gasteiger partial charge in [0.25, 0.3) is 0 Å². The molecule has 0 saturated heterocycles. The second-order valence-electron chi connectivity index (χ2n) is 8.58. The van der Waals surface area contributed by atoms with Gasteiger partial charge in [0.1, 0.15) is 18.4 Å². The molecular formula is C27H28F3N3O4S. The minimum absolute atomic E-state index is 0.0664. The maximum absolute atomic E-state index is 14.6. The number of rotatable bonds is 11. The van der Waals surface area contributed by atoms with E-state index >= 15 is 0 Å². The third-order valence-corrected chi connectivity index (χ3v) is 6.93. The molecule has 0 aliphatic carbocycles. The fourth-order valence-corrected chi connectivity index (χ4v) is 4.75. The van der Waals surface area contributed by atoms with Crippen LogP contribution in [-0.4, -0.2) is 50.5 Å². The Hall–Kier alpha value is -3.86. The molecule has 2 amide bonds. The Bertz CT molecular complexity index is 1390. The summed E-state index contributed by atoms with van der Waals surface area (Å²) in [5, 5.41) is 2.68. The summed E-state index contributed by atoms with van der Waals surface area (Å²) in [6, 6.07) is 15.9. The molecule has 202 valence electrons. The maximum atomic E-state index is 14.6. The largest absolute Gasteiger partial charge is 0.355 e. The molecule has 0 spiro atoms. The highest BCUT2D eigenvalue weighted by Gasteiger charge is 2.33. The van der Waals surface area contributed by atoms with Crippen molar-refractivity contribution in [3.8, 4) is 0 Å². The fraction of sp³-hybridized carbons (Fsp3) is 0.259. The van der Waals surface area contributed by atoms with Crippen LogP contribution >= 0.6 is 0 Å². The first kappa shape index (κ1) is 28.7. The summed E-state index contributed by atoms with van der Waals surface area (Å²) < 4.78 is 67.9. The van der Waals surface area contributed by atoms with E-state index in [-0.39, 0.29) is 30.8 Å². The summed E-state index contributed by atoms with van der Waals surface area (Å²) in [5.74, 6) is -4.44. The van der Waals surface area contributed by atoms with Gasteiger partial charge in [0, 0.05) is 31.1 Å². The lowest BCUT2D eigenvalue weighted by Crippen LogP contribution is -2.53. The van der Waals surface area contributed by atoms with Gasteiger partial charge in [-0.25, -0.2) is 21.6 Å². The van der Waals surface area contributed by atoms with Crippen LogP contribution in [-0.2, 0) is 32.6 Å². The summed E-state index contributed by atoms with van der Waals surface area (Å²) in [4.78, 5) is 28.0. The number of hydrogen-bond donors (Lipinski definition) is 1. The molecule has 0 bridgehead atoms. The van der Waals surface area contributed by atoms with Crippen molar-refractivity contribution in [2.24, 2.45) is 0 Å². The predicted octanol–water partition coefficient (Wildman–Crippen LogP) is 3.65. The summed E-state index contributed by atoms with van der Waals surface area (Å²) in [7, 11) is -4.15. The summed E-state index contributed by atoms with van der Waals surface area (Å²) >= 11 is 0. The van der Waals surface area contributed by atoms with Gasteiger partial charge in [-0.2, -0.15) is 0 Å². The normalized spacial score (nSPS) is 12.0. The van der Waals surface area contributed by atoms with Crippen LogP contribution in [0.25, 0.3) is 0 Å². The number of carbonyl (C=O) groups excluding carboxylic acids is 2. The van der Waals surface area contributed by atoms with Crippen molar-refractivity contribution >= 4 is 27.5 Å². The molecule has 38 heavy (non-hydrogen) atoms. The van der Waals surface area contributed by atoms with E-state index < -0.39 is 51.9 Å². The number of carbonyl (C=O) groups is 2. The van der Waals surface area contributed by atoms with Gasteiger partial charge in [-0.15, -0.1) is 0 Å². The van der Waals surface area contributed by atoms with Gasteiger partial charge in [0.15, 0.2) is 11.6 Å². The predicted molar refractivity (Wildman–Crippen MR) is 138 cm³/mol. The van der Waals surface area contributed by atoms with Crippen LogP contribution < -0.4 is 9.62 Å². The van der Waals surface area contributed by atoms with E-state index in [1.54, 1.807) is 43.3 Å². The molecule has 1 atom stereocenters. The zero-order valence-corrected chi connectivity index (χ0v) is 21.7. The highest BCUT2D eigenvalue weighted by molar-refractivity contribution is 7.92. The van der Waals surface area contributed by atoms with E-state index in [4.69, 9.17) is 0 Å². The minimum atomic E-state index is -4.15. The van der Waals surface area contributed by atoms with Crippen LogP contribution in [0.3, 0.4) is 0 Å². The van der Waals surface area contributed by atoms with Crippen LogP contribution in [0.2, 0.25) is 0 Å². The number of amides is 2. The van der Waals surface area contributed by atoms with E-state index in [9.17, 15) is 31.2 Å². The Kier molecular flexibility index (Phi) is 9.51. The summed E-state index contributed by atoms with van der Waals surface area (Å²) in [5.41, 5.74) is 0.556. The van der Waals surface area contributed by atoms with Crippen molar-refractivity contribution < 1.29 is 31.2 Å². The van der Waals surface area contributed by atoms with Gasteiger partial charge in [-0.05, 0) is 30.7 Å². The number of sulfonamides is 1. The van der Waals surface area contributed by atoms with Crippen molar-refractivity contribution in [3.05, 3.63) is 101 Å². The molecule has 7 nitrogen and oxygen atoms in total. The average Bonchev–Trinajstić information content (AvgIpc) is 2.87. The third-order valence-electron chi connectivity index (χ3n) is 5.79. The van der Waals surface area contributed by atoms with Crippen LogP contribution in [0.15, 0.2) is 72.8 Å². The molecule has 3 rings (SSSR count). The van der Waals surface area contributed by atoms with Gasteiger partial charge in [0.05, 0.1) is 11.9 Å². The van der Waals surface area contributed by atoms with Crippen molar-refractivity contribution in [1.82, 2.24) is 10.2 Å². The van der Waals surface area contributed by atoms with Crippen molar-refractivity contribution in [2.75, 3.05) is 23.7 Å². The highest BCUT2D eigenvalue weighted by Crippen LogP contribution is 2.23. The maximum Gasteiger partial charge on any atom is 0.244 e. The highest BCUT2D eigenvalue weighted by atomic mass is 32.2. The van der Waals surface area contributed by atoms with E-state index in [1.807, 2.05) is 0 Å². The van der Waals surface area contributed by atoms with E-state index in [0.29, 0.717) is 10.4 Å². The molecular weight excluding hydrogens is 519 g/mol. The zero-order valence-electron chi connectivity index (χ0n) is 20.9. The van der Waals surface area contributed by atoms with Crippen LogP contribution in [0.1, 0.15) is 18.1 Å². The monoisotopic (exact) mass is 547 g/mol. The van der Waals surface area contributed by atoms with E-state index in [2.05, 4.69) is 5.32 Å². The van der Waals surface area contributed by atoms with Gasteiger partial charge >= 0.3 is 0 Å². The first-order valence-electron chi connectivity index (χ1n) is 11.8. The number of halogens is 3. The van der Waals surface area contributed by atoms with Crippen molar-refractivity contribution in [1.29, 1.82) is 0 Å². The van der Waals surface area contributed by atoms with Gasteiger partial charge < -0.3 is 10.2 Å². The molecule has 0 fully saturated rings. The standard InChI is InChI=1S/C27H28F3N3O4S/c1-3-31-27(35)25(15-19-9-5-4-6-10-19)32(17-20-11-7-8-12-22(20)28)26(34)18-33(38(2,36)37)21-13-14-23(29)24(30)16-21/h4-14,16,25H,3,15,17-18H2,1-2H3,(H,31,35)/t25-/m1/s1. The number of likely N-dealkylation sites (N-methyl/N-ethyl adjacent to an activating group) is 1. The molecule has 0 aliphatic rings. The van der Waals surface area contributed by atoms with Crippen LogP contribution in [0.5, 0.6) is 0 Å². The molecule has 0 aromatic heterocycles. The second-order valence-corrected chi connectivity index (χ2v) is 10.5. The number of benzene rings is 3. The minimum Gasteiger partial charge on any atom is -0.355 e. The molecule has 0 radical (unpaired) electrons. The molecule has 0 aliphatic heterocycles. The van der Waals surface area contributed by atoms with Gasteiger partial charge in [-0.3, -0.25) is 13.9 Å². The number of anilines is 1. The molecule has 1 N–H and O–H groups in total. The first-order valence-corrected chi connectivity index (χ1v) is 13.6. The van der Waals surface area contributed by atoms with Crippen molar-refractivity contribution in [2.45, 2.75) is 25.9 Å². The average molecular weight is 548 g/mol. The van der Waals surface area contributed by atoms with Gasteiger partial charge in [0.2, 0.25) is 21.8 Å². The number of nitrogens with zero attached hydrogens (tertiary/aromatic N) is 2. The molecule has 3 aromatic carbocycles. The molecule has 0 saturated carbocycles. The smallest absolute Gasteiger partial charge is 0.244 e. The Morgan fingerprint density at radius 1 is 0.895 bits per heavy atom. The lowest BCUT2D eigenvalue weighted by atomic mass is 10.0. The SMILES string of the molecule is CCNC(=O)[C@@H](Cc1ccccc1)N(Cc1ccccc1F)C(=O)CN(c1ccc(F)c(F)c1)S(C)(=O)=O. The molecule has 3 aromatic rings. The number of hydrogen-bond acceptors (Lipinski definition) is 4. The molecule has 0 heterocycles. The third kappa shape index (κ3) is 7.34. The second kappa shape index (κ2) is 12.6. The van der Waals surface area contributed by atoms with E-state index in [0.717, 1.165) is 28.9 Å². The topological polar surface area (TPSA) is 86.8 Å². The summed E-state index contributed by atoms with van der Waals surface area (Å²) in [6.07, 6.45) is 0.880. The Balaban J connectivity index is 2.06. The number of nitrogens with one attached hydrogen (secondary N) is 1. The Morgan fingerprint density at radius 3 is 2.16 bits per heavy atom. The van der Waals surface area contributed by atoms with Crippen LogP contribution in [0, 0.1) is 17.5 Å². The quantitative estimate of drug-likeness (QED) is 0.397. The molecule has 0 unspecified atom stereocenters. The lowest BCUT2D eigenvalue weighted by Gasteiger charge is -2.33. The first-order chi connectivity index (χ1) is 18.0. The molecule has 11 heteroatoms. The zero-order chi connectivity index (χ0) is 27.9. The Morgan fingerprint density at radius 2 is 1.55 bits per heavy atom.